The zero-order chi connectivity index (χ0) is 10.5. The first-order valence-corrected chi connectivity index (χ1v) is 4.69. The van der Waals surface area contributed by atoms with Crippen molar-refractivity contribution >= 4 is 17.4 Å². The Bertz CT molecular complexity index is 419. The molecule has 2 aromatic rings. The van der Waals surface area contributed by atoms with Gasteiger partial charge in [0.1, 0.15) is 0 Å². The largest absolute Gasteiger partial charge is 0.367 e. The first-order valence-electron chi connectivity index (χ1n) is 4.32. The number of nitrogens with one attached hydrogen (secondary N) is 1. The molecule has 2 aromatic heterocycles. The summed E-state index contributed by atoms with van der Waals surface area (Å²) in [6.45, 7) is 0.623. The van der Waals surface area contributed by atoms with Gasteiger partial charge in [0.05, 0.1) is 0 Å². The van der Waals surface area contributed by atoms with E-state index in [4.69, 9.17) is 11.6 Å². The Morgan fingerprint density at radius 1 is 1.27 bits per heavy atom. The van der Waals surface area contributed by atoms with Crippen molar-refractivity contribution in [2.45, 2.75) is 6.42 Å². The molecule has 15 heavy (non-hydrogen) atoms. The van der Waals surface area contributed by atoms with Crippen molar-refractivity contribution in [1.82, 2.24) is 20.1 Å². The molecule has 2 heterocycles. The summed E-state index contributed by atoms with van der Waals surface area (Å²) < 4.78 is 4.60. The van der Waals surface area contributed by atoms with Gasteiger partial charge in [0.25, 0.3) is 0 Å². The van der Waals surface area contributed by atoms with Crippen LogP contribution in [0.4, 0.5) is 5.82 Å². The van der Waals surface area contributed by atoms with Crippen LogP contribution in [-0.2, 0) is 6.42 Å². The summed E-state index contributed by atoms with van der Waals surface area (Å²) in [5.74, 6) is 1.20. The molecule has 0 spiro atoms. The van der Waals surface area contributed by atoms with Crippen molar-refractivity contribution < 1.29 is 4.52 Å². The third-order valence-corrected chi connectivity index (χ3v) is 1.98. The van der Waals surface area contributed by atoms with E-state index >= 15 is 0 Å². The van der Waals surface area contributed by atoms with Gasteiger partial charge in [-0.3, -0.25) is 0 Å². The predicted octanol–water partition coefficient (Wildman–Crippen LogP) is 1.17. The van der Waals surface area contributed by atoms with Crippen LogP contribution in [0.15, 0.2) is 23.3 Å². The van der Waals surface area contributed by atoms with E-state index in [1.807, 2.05) is 0 Å². The lowest BCUT2D eigenvalue weighted by molar-refractivity contribution is 0.410. The third kappa shape index (κ3) is 2.63. The van der Waals surface area contributed by atoms with E-state index in [-0.39, 0.29) is 0 Å². The predicted molar refractivity (Wildman–Crippen MR) is 53.5 cm³/mol. The van der Waals surface area contributed by atoms with Gasteiger partial charge < -0.3 is 9.84 Å². The van der Waals surface area contributed by atoms with E-state index in [9.17, 15) is 0 Å². The van der Waals surface area contributed by atoms with Crippen LogP contribution in [-0.4, -0.2) is 26.7 Å². The Balaban J connectivity index is 1.86. The number of halogens is 1. The van der Waals surface area contributed by atoms with Gasteiger partial charge in [-0.05, 0) is 0 Å². The minimum Gasteiger partial charge on any atom is -0.367 e. The van der Waals surface area contributed by atoms with Crippen molar-refractivity contribution in [2.75, 3.05) is 11.9 Å². The summed E-state index contributed by atoms with van der Waals surface area (Å²) in [6.07, 6.45) is 5.04. The highest BCUT2D eigenvalue weighted by Gasteiger charge is 2.02. The summed E-state index contributed by atoms with van der Waals surface area (Å²) in [6, 6.07) is 0. The van der Waals surface area contributed by atoms with Crippen molar-refractivity contribution in [2.24, 2.45) is 0 Å². The van der Waals surface area contributed by atoms with Gasteiger partial charge in [0, 0.05) is 25.4 Å². The topological polar surface area (TPSA) is 76.7 Å². The van der Waals surface area contributed by atoms with Gasteiger partial charge in [-0.15, -0.1) is 0 Å². The summed E-state index contributed by atoms with van der Waals surface area (Å²) >= 11 is 5.80. The highest BCUT2D eigenvalue weighted by molar-refractivity contribution is 6.31. The SMILES string of the molecule is Clc1nccnc1NCCc1ncon1. The molecular formula is C8H8ClN5O. The minimum absolute atomic E-state index is 0.352. The molecule has 0 aliphatic carbocycles. The zero-order valence-electron chi connectivity index (χ0n) is 7.72. The highest BCUT2D eigenvalue weighted by Crippen LogP contribution is 2.13. The van der Waals surface area contributed by atoms with Crippen molar-refractivity contribution in [3.05, 3.63) is 29.8 Å². The summed E-state index contributed by atoms with van der Waals surface area (Å²) in [4.78, 5) is 11.8. The molecule has 7 heteroatoms. The van der Waals surface area contributed by atoms with Gasteiger partial charge in [-0.1, -0.05) is 16.8 Å². The number of rotatable bonds is 4. The van der Waals surface area contributed by atoms with E-state index in [0.29, 0.717) is 29.8 Å². The molecule has 0 radical (unpaired) electrons. The molecule has 0 amide bonds. The lowest BCUT2D eigenvalue weighted by atomic mass is 10.4. The number of nitrogens with zero attached hydrogens (tertiary/aromatic N) is 4. The van der Waals surface area contributed by atoms with Crippen LogP contribution in [0.5, 0.6) is 0 Å². The van der Waals surface area contributed by atoms with Crippen LogP contribution in [0.2, 0.25) is 5.15 Å². The fraction of sp³-hybridized carbons (Fsp3) is 0.250. The molecular weight excluding hydrogens is 218 g/mol. The van der Waals surface area contributed by atoms with Gasteiger partial charge in [-0.2, -0.15) is 4.98 Å². The van der Waals surface area contributed by atoms with E-state index in [1.54, 1.807) is 6.20 Å². The first-order chi connectivity index (χ1) is 7.36. The minimum atomic E-state index is 0.352. The fourth-order valence-electron chi connectivity index (χ4n) is 1.03. The van der Waals surface area contributed by atoms with E-state index < -0.39 is 0 Å². The molecule has 0 saturated heterocycles. The maximum absolute atomic E-state index is 5.80. The second-order valence-corrected chi connectivity index (χ2v) is 3.08. The lowest BCUT2D eigenvalue weighted by Gasteiger charge is -2.03. The second kappa shape index (κ2) is 4.70. The maximum Gasteiger partial charge on any atom is 0.213 e. The lowest BCUT2D eigenvalue weighted by Crippen LogP contribution is -2.07. The van der Waals surface area contributed by atoms with Gasteiger partial charge in [0.15, 0.2) is 16.8 Å². The Labute approximate surface area is 90.7 Å². The molecule has 78 valence electrons. The van der Waals surface area contributed by atoms with E-state index in [0.717, 1.165) is 0 Å². The van der Waals surface area contributed by atoms with Crippen LogP contribution in [0, 0.1) is 0 Å². The number of anilines is 1. The summed E-state index contributed by atoms with van der Waals surface area (Å²) in [5.41, 5.74) is 0. The normalized spacial score (nSPS) is 10.2. The highest BCUT2D eigenvalue weighted by atomic mass is 35.5. The van der Waals surface area contributed by atoms with E-state index in [2.05, 4.69) is 29.9 Å². The number of hydrogen-bond donors (Lipinski definition) is 1. The number of hydrogen-bond acceptors (Lipinski definition) is 6. The standard InChI is InChI=1S/C8H8ClN5O/c9-7-8(12-4-3-10-7)11-2-1-6-13-5-15-14-6/h3-5H,1-2H2,(H,11,12). The van der Waals surface area contributed by atoms with Crippen molar-refractivity contribution in [3.63, 3.8) is 0 Å². The Morgan fingerprint density at radius 3 is 2.87 bits per heavy atom. The molecule has 0 aliphatic rings. The quantitative estimate of drug-likeness (QED) is 0.842. The Kier molecular flexibility index (Phi) is 3.08. The molecule has 0 saturated carbocycles. The van der Waals surface area contributed by atoms with Crippen LogP contribution < -0.4 is 5.32 Å². The van der Waals surface area contributed by atoms with Crippen LogP contribution >= 0.6 is 11.6 Å². The Morgan fingerprint density at radius 2 is 2.13 bits per heavy atom. The summed E-state index contributed by atoms with van der Waals surface area (Å²) in [7, 11) is 0. The third-order valence-electron chi connectivity index (χ3n) is 1.70. The molecule has 1 N–H and O–H groups in total. The smallest absolute Gasteiger partial charge is 0.213 e. The molecule has 2 rings (SSSR count). The fourth-order valence-corrected chi connectivity index (χ4v) is 1.21. The monoisotopic (exact) mass is 225 g/mol. The average molecular weight is 226 g/mol. The molecule has 0 bridgehead atoms. The van der Waals surface area contributed by atoms with E-state index in [1.165, 1.54) is 12.6 Å². The van der Waals surface area contributed by atoms with Crippen LogP contribution in [0.25, 0.3) is 0 Å². The first kappa shape index (κ1) is 9.85. The van der Waals surface area contributed by atoms with Gasteiger partial charge in [0.2, 0.25) is 6.39 Å². The Hall–Kier alpha value is -1.69. The van der Waals surface area contributed by atoms with Crippen LogP contribution in [0.1, 0.15) is 5.82 Å². The molecule has 0 aliphatic heterocycles. The molecule has 0 atom stereocenters. The molecule has 6 nitrogen and oxygen atoms in total. The maximum atomic E-state index is 5.80. The number of aromatic nitrogens is 4. The molecule has 0 aromatic carbocycles. The zero-order valence-corrected chi connectivity index (χ0v) is 8.48. The molecule has 0 fully saturated rings. The summed E-state index contributed by atoms with van der Waals surface area (Å²) in [5, 5.41) is 7.05. The second-order valence-electron chi connectivity index (χ2n) is 2.72. The molecule has 0 unspecified atom stereocenters. The van der Waals surface area contributed by atoms with Gasteiger partial charge in [-0.25, -0.2) is 9.97 Å². The average Bonchev–Trinajstić information content (AvgIpc) is 2.74. The van der Waals surface area contributed by atoms with Gasteiger partial charge >= 0.3 is 0 Å². The van der Waals surface area contributed by atoms with Crippen LogP contribution in [0.3, 0.4) is 0 Å². The van der Waals surface area contributed by atoms with Crippen molar-refractivity contribution in [3.8, 4) is 0 Å². The van der Waals surface area contributed by atoms with Crippen molar-refractivity contribution in [1.29, 1.82) is 0 Å².